The quantitative estimate of drug-likeness (QED) is 0.795. The highest BCUT2D eigenvalue weighted by Crippen LogP contribution is 2.13. The van der Waals surface area contributed by atoms with Gasteiger partial charge in [0.2, 0.25) is 0 Å². The van der Waals surface area contributed by atoms with Crippen molar-refractivity contribution in [2.45, 2.75) is 52.6 Å². The van der Waals surface area contributed by atoms with Gasteiger partial charge >= 0.3 is 0 Å². The molecule has 0 radical (unpaired) electrons. The molecule has 0 aliphatic carbocycles. The van der Waals surface area contributed by atoms with E-state index in [2.05, 4.69) is 23.2 Å². The zero-order chi connectivity index (χ0) is 17.4. The zero-order valence-electron chi connectivity index (χ0n) is 15.6. The van der Waals surface area contributed by atoms with Gasteiger partial charge in [0.15, 0.2) is 0 Å². The molecular formula is C20H33N3O. The van der Waals surface area contributed by atoms with Crippen molar-refractivity contribution in [2.75, 3.05) is 32.7 Å². The number of amides is 1. The Balaban J connectivity index is 1.85. The van der Waals surface area contributed by atoms with Gasteiger partial charge in [-0.15, -0.1) is 0 Å². The molecule has 1 fully saturated rings. The Morgan fingerprint density at radius 3 is 2.54 bits per heavy atom. The van der Waals surface area contributed by atoms with E-state index in [0.717, 1.165) is 25.2 Å². The standard InChI is InChI=1S/C20H33N3O/c1-4-12-22-13-10-19(11-14-22)21-16-17-8-7-9-18(15-17)20(24)23(5-2)6-3/h7-9,15,19,21H,4-6,10-14,16H2,1-3H3. The van der Waals surface area contributed by atoms with Crippen molar-refractivity contribution < 1.29 is 4.79 Å². The molecule has 1 amide bonds. The summed E-state index contributed by atoms with van der Waals surface area (Å²) in [4.78, 5) is 16.9. The molecule has 134 valence electrons. The van der Waals surface area contributed by atoms with Crippen LogP contribution >= 0.6 is 0 Å². The maximum Gasteiger partial charge on any atom is 0.253 e. The van der Waals surface area contributed by atoms with Crippen molar-refractivity contribution in [3.05, 3.63) is 35.4 Å². The molecule has 1 N–H and O–H groups in total. The first kappa shape index (κ1) is 18.9. The number of hydrogen-bond acceptors (Lipinski definition) is 3. The average molecular weight is 332 g/mol. The maximum atomic E-state index is 12.5. The molecule has 2 rings (SSSR count). The lowest BCUT2D eigenvalue weighted by Crippen LogP contribution is -2.42. The molecule has 0 unspecified atom stereocenters. The van der Waals surface area contributed by atoms with Gasteiger partial charge in [0.1, 0.15) is 0 Å². The third kappa shape index (κ3) is 5.32. The molecule has 0 atom stereocenters. The minimum Gasteiger partial charge on any atom is -0.339 e. The molecule has 1 aliphatic heterocycles. The van der Waals surface area contributed by atoms with Gasteiger partial charge < -0.3 is 15.1 Å². The zero-order valence-corrected chi connectivity index (χ0v) is 15.6. The molecule has 24 heavy (non-hydrogen) atoms. The number of nitrogens with one attached hydrogen (secondary N) is 1. The Labute approximate surface area is 147 Å². The van der Waals surface area contributed by atoms with Gasteiger partial charge in [-0.25, -0.2) is 0 Å². The van der Waals surface area contributed by atoms with Crippen LogP contribution in [0, 0.1) is 0 Å². The lowest BCUT2D eigenvalue weighted by atomic mass is 10.0. The van der Waals surface area contributed by atoms with E-state index in [4.69, 9.17) is 0 Å². The van der Waals surface area contributed by atoms with Gasteiger partial charge in [-0.1, -0.05) is 19.1 Å². The predicted molar refractivity (Wildman–Crippen MR) is 100 cm³/mol. The number of hydrogen-bond donors (Lipinski definition) is 1. The number of benzene rings is 1. The summed E-state index contributed by atoms with van der Waals surface area (Å²) < 4.78 is 0. The van der Waals surface area contributed by atoms with Gasteiger partial charge in [-0.05, 0) is 70.4 Å². The summed E-state index contributed by atoms with van der Waals surface area (Å²) in [5, 5.41) is 3.67. The van der Waals surface area contributed by atoms with Gasteiger partial charge in [-0.3, -0.25) is 4.79 Å². The average Bonchev–Trinajstić information content (AvgIpc) is 2.62. The van der Waals surface area contributed by atoms with E-state index in [1.165, 1.54) is 44.5 Å². The Hall–Kier alpha value is -1.39. The van der Waals surface area contributed by atoms with Crippen LogP contribution in [0.5, 0.6) is 0 Å². The Bertz CT molecular complexity index is 505. The number of nitrogens with zero attached hydrogens (tertiary/aromatic N) is 2. The van der Waals surface area contributed by atoms with Crippen LogP contribution < -0.4 is 5.32 Å². The third-order valence-electron chi connectivity index (χ3n) is 4.95. The Kier molecular flexibility index (Phi) is 7.73. The van der Waals surface area contributed by atoms with E-state index >= 15 is 0 Å². The number of carbonyl (C=O) groups is 1. The number of rotatable bonds is 8. The molecule has 1 saturated heterocycles. The van der Waals surface area contributed by atoms with Crippen molar-refractivity contribution in [3.8, 4) is 0 Å². The highest BCUT2D eigenvalue weighted by molar-refractivity contribution is 5.94. The molecule has 1 heterocycles. The molecule has 4 nitrogen and oxygen atoms in total. The summed E-state index contributed by atoms with van der Waals surface area (Å²) in [5.74, 6) is 0.134. The van der Waals surface area contributed by atoms with Crippen LogP contribution in [-0.2, 0) is 6.54 Å². The van der Waals surface area contributed by atoms with Crippen molar-refractivity contribution >= 4 is 5.91 Å². The van der Waals surface area contributed by atoms with E-state index in [1.807, 2.05) is 36.9 Å². The predicted octanol–water partition coefficient (Wildman–Crippen LogP) is 3.13. The molecule has 0 bridgehead atoms. The van der Waals surface area contributed by atoms with Crippen LogP contribution in [0.15, 0.2) is 24.3 Å². The van der Waals surface area contributed by atoms with Crippen LogP contribution in [0.25, 0.3) is 0 Å². The number of piperidine rings is 1. The van der Waals surface area contributed by atoms with E-state index in [9.17, 15) is 4.79 Å². The second-order valence-electron chi connectivity index (χ2n) is 6.67. The molecule has 1 aromatic carbocycles. The van der Waals surface area contributed by atoms with Gasteiger partial charge in [0.05, 0.1) is 0 Å². The number of carbonyl (C=O) groups excluding carboxylic acids is 1. The fourth-order valence-electron chi connectivity index (χ4n) is 3.45. The highest BCUT2D eigenvalue weighted by Gasteiger charge is 2.18. The van der Waals surface area contributed by atoms with E-state index in [1.54, 1.807) is 0 Å². The van der Waals surface area contributed by atoms with Crippen LogP contribution in [0.1, 0.15) is 56.0 Å². The first-order valence-corrected chi connectivity index (χ1v) is 9.51. The molecular weight excluding hydrogens is 298 g/mol. The summed E-state index contributed by atoms with van der Waals surface area (Å²) in [7, 11) is 0. The second kappa shape index (κ2) is 9.80. The normalized spacial score (nSPS) is 16.3. The Morgan fingerprint density at radius 1 is 1.21 bits per heavy atom. The molecule has 0 aromatic heterocycles. The third-order valence-corrected chi connectivity index (χ3v) is 4.95. The largest absolute Gasteiger partial charge is 0.339 e. The molecule has 4 heteroatoms. The van der Waals surface area contributed by atoms with E-state index in [0.29, 0.717) is 6.04 Å². The van der Waals surface area contributed by atoms with Crippen molar-refractivity contribution in [3.63, 3.8) is 0 Å². The van der Waals surface area contributed by atoms with Crippen LogP contribution in [0.2, 0.25) is 0 Å². The summed E-state index contributed by atoms with van der Waals surface area (Å²) in [5.41, 5.74) is 2.00. The minimum absolute atomic E-state index is 0.134. The summed E-state index contributed by atoms with van der Waals surface area (Å²) in [6.07, 6.45) is 3.68. The second-order valence-corrected chi connectivity index (χ2v) is 6.67. The summed E-state index contributed by atoms with van der Waals surface area (Å²) in [6, 6.07) is 8.67. The first-order chi connectivity index (χ1) is 11.7. The number of likely N-dealkylation sites (tertiary alicyclic amines) is 1. The van der Waals surface area contributed by atoms with Gasteiger partial charge in [0, 0.05) is 31.2 Å². The van der Waals surface area contributed by atoms with Crippen LogP contribution in [-0.4, -0.2) is 54.5 Å². The lowest BCUT2D eigenvalue weighted by molar-refractivity contribution is 0.0773. The SMILES string of the molecule is CCCN1CCC(NCc2cccc(C(=O)N(CC)CC)c2)CC1. The van der Waals surface area contributed by atoms with Crippen molar-refractivity contribution in [1.82, 2.24) is 15.1 Å². The summed E-state index contributed by atoms with van der Waals surface area (Å²) in [6.45, 7) is 12.3. The van der Waals surface area contributed by atoms with Gasteiger partial charge in [-0.2, -0.15) is 0 Å². The fraction of sp³-hybridized carbons (Fsp3) is 0.650. The monoisotopic (exact) mass is 331 g/mol. The topological polar surface area (TPSA) is 35.6 Å². The van der Waals surface area contributed by atoms with Crippen LogP contribution in [0.3, 0.4) is 0 Å². The molecule has 0 saturated carbocycles. The first-order valence-electron chi connectivity index (χ1n) is 9.51. The maximum absolute atomic E-state index is 12.5. The van der Waals surface area contributed by atoms with Crippen molar-refractivity contribution in [2.24, 2.45) is 0 Å². The fourth-order valence-corrected chi connectivity index (χ4v) is 3.45. The lowest BCUT2D eigenvalue weighted by Gasteiger charge is -2.32. The summed E-state index contributed by atoms with van der Waals surface area (Å²) >= 11 is 0. The highest BCUT2D eigenvalue weighted by atomic mass is 16.2. The van der Waals surface area contributed by atoms with Crippen LogP contribution in [0.4, 0.5) is 0 Å². The molecule has 0 spiro atoms. The molecule has 1 aromatic rings. The Morgan fingerprint density at radius 2 is 1.92 bits per heavy atom. The van der Waals surface area contributed by atoms with E-state index in [-0.39, 0.29) is 5.91 Å². The minimum atomic E-state index is 0.134. The van der Waals surface area contributed by atoms with Crippen molar-refractivity contribution in [1.29, 1.82) is 0 Å². The van der Waals surface area contributed by atoms with Gasteiger partial charge in [0.25, 0.3) is 5.91 Å². The van der Waals surface area contributed by atoms with E-state index < -0.39 is 0 Å². The smallest absolute Gasteiger partial charge is 0.253 e. The molecule has 1 aliphatic rings.